The largest absolute Gasteiger partial charge is 0.481 e. The lowest BCUT2D eigenvalue weighted by atomic mass is 10.3. The highest BCUT2D eigenvalue weighted by molar-refractivity contribution is 5.76. The Kier molecular flexibility index (Phi) is 4.34. The molecule has 0 aromatic rings. The van der Waals surface area contributed by atoms with Gasteiger partial charge in [0.25, 0.3) is 0 Å². The van der Waals surface area contributed by atoms with Crippen molar-refractivity contribution in [2.45, 2.75) is 12.8 Å². The molecule has 0 atom stereocenters. The first-order chi connectivity index (χ1) is 6.68. The first-order valence-electron chi connectivity index (χ1n) is 4.57. The van der Waals surface area contributed by atoms with Gasteiger partial charge >= 0.3 is 11.9 Å². The Morgan fingerprint density at radius 2 is 1.93 bits per heavy atom. The lowest BCUT2D eigenvalue weighted by Crippen LogP contribution is -2.44. The zero-order chi connectivity index (χ0) is 10.4. The van der Waals surface area contributed by atoms with Gasteiger partial charge in [0.2, 0.25) is 0 Å². The Morgan fingerprint density at radius 3 is 2.50 bits per heavy atom. The van der Waals surface area contributed by atoms with Crippen molar-refractivity contribution in [1.82, 2.24) is 10.4 Å². The number of hydrogen-bond acceptors (Lipinski definition) is 5. The van der Waals surface area contributed by atoms with Crippen LogP contribution >= 0.6 is 0 Å². The second kappa shape index (κ2) is 5.56. The van der Waals surface area contributed by atoms with Crippen LogP contribution in [0.15, 0.2) is 0 Å². The van der Waals surface area contributed by atoms with E-state index in [9.17, 15) is 9.59 Å². The quantitative estimate of drug-likeness (QED) is 0.622. The summed E-state index contributed by atoms with van der Waals surface area (Å²) in [5, 5.41) is 13.0. The number of carboxylic acid groups (broad SMARTS) is 1. The molecule has 80 valence electrons. The molecule has 1 saturated heterocycles. The number of piperazine rings is 1. The van der Waals surface area contributed by atoms with Crippen molar-refractivity contribution >= 4 is 11.9 Å². The third kappa shape index (κ3) is 4.20. The summed E-state index contributed by atoms with van der Waals surface area (Å²) < 4.78 is 0. The lowest BCUT2D eigenvalue weighted by molar-refractivity contribution is -0.193. The summed E-state index contributed by atoms with van der Waals surface area (Å²) in [5.41, 5.74) is 0. The van der Waals surface area contributed by atoms with E-state index in [1.54, 1.807) is 5.06 Å². The van der Waals surface area contributed by atoms with Gasteiger partial charge in [0.15, 0.2) is 0 Å². The van der Waals surface area contributed by atoms with Crippen molar-refractivity contribution in [2.75, 3.05) is 26.2 Å². The predicted octanol–water partition coefficient (Wildman–Crippen LogP) is -0.785. The molecule has 0 saturated carbocycles. The first-order valence-corrected chi connectivity index (χ1v) is 4.57. The van der Waals surface area contributed by atoms with E-state index < -0.39 is 11.9 Å². The highest BCUT2D eigenvalue weighted by atomic mass is 16.7. The minimum absolute atomic E-state index is 0.0702. The van der Waals surface area contributed by atoms with Crippen LogP contribution < -0.4 is 5.32 Å². The summed E-state index contributed by atoms with van der Waals surface area (Å²) >= 11 is 0. The molecule has 2 N–H and O–H groups in total. The number of hydrogen-bond donors (Lipinski definition) is 2. The fraction of sp³-hybridized carbons (Fsp3) is 0.750. The molecule has 0 aromatic heterocycles. The fourth-order valence-corrected chi connectivity index (χ4v) is 1.13. The van der Waals surface area contributed by atoms with Gasteiger partial charge in [-0.3, -0.25) is 9.59 Å². The van der Waals surface area contributed by atoms with Crippen LogP contribution in [0.3, 0.4) is 0 Å². The molecular formula is C8H14N2O4. The smallest absolute Gasteiger partial charge is 0.325 e. The highest BCUT2D eigenvalue weighted by Gasteiger charge is 2.15. The number of carbonyl (C=O) groups excluding carboxylic acids is 1. The molecule has 1 rings (SSSR count). The summed E-state index contributed by atoms with van der Waals surface area (Å²) in [4.78, 5) is 26.2. The molecule has 0 aromatic carbocycles. The van der Waals surface area contributed by atoms with Gasteiger partial charge in [-0.25, -0.2) is 0 Å². The van der Waals surface area contributed by atoms with Gasteiger partial charge in [-0.05, 0) is 0 Å². The standard InChI is InChI=1S/C8H14N2O4/c11-7(12)1-2-8(13)14-10-5-3-9-4-6-10/h9H,1-6H2,(H,11,12). The van der Waals surface area contributed by atoms with Gasteiger partial charge in [0, 0.05) is 26.2 Å². The van der Waals surface area contributed by atoms with Crippen molar-refractivity contribution in [3.8, 4) is 0 Å². The Hall–Kier alpha value is -1.14. The summed E-state index contributed by atoms with van der Waals surface area (Å²) in [6.07, 6.45) is -0.246. The molecule has 1 aliphatic rings. The second-order valence-electron chi connectivity index (χ2n) is 3.04. The number of carbonyl (C=O) groups is 2. The summed E-state index contributed by atoms with van der Waals surface area (Å²) in [6, 6.07) is 0. The Balaban J connectivity index is 2.15. The molecule has 6 nitrogen and oxygen atoms in total. The van der Waals surface area contributed by atoms with Crippen LogP contribution in [0.4, 0.5) is 0 Å². The zero-order valence-electron chi connectivity index (χ0n) is 7.86. The number of rotatable bonds is 4. The van der Waals surface area contributed by atoms with Crippen LogP contribution in [0.1, 0.15) is 12.8 Å². The molecule has 0 spiro atoms. The van der Waals surface area contributed by atoms with Gasteiger partial charge in [0.05, 0.1) is 12.8 Å². The molecule has 1 aliphatic heterocycles. The SMILES string of the molecule is O=C(O)CCC(=O)ON1CCNCC1. The van der Waals surface area contributed by atoms with E-state index >= 15 is 0 Å². The lowest BCUT2D eigenvalue weighted by Gasteiger charge is -2.25. The molecule has 1 heterocycles. The van der Waals surface area contributed by atoms with Crippen molar-refractivity contribution in [3.63, 3.8) is 0 Å². The zero-order valence-corrected chi connectivity index (χ0v) is 7.86. The number of aliphatic carboxylic acids is 1. The summed E-state index contributed by atoms with van der Waals surface area (Å²) in [5.74, 6) is -1.46. The van der Waals surface area contributed by atoms with E-state index in [4.69, 9.17) is 9.94 Å². The van der Waals surface area contributed by atoms with Crippen molar-refractivity contribution in [1.29, 1.82) is 0 Å². The minimum atomic E-state index is -0.984. The Bertz CT molecular complexity index is 213. The topological polar surface area (TPSA) is 78.9 Å². The number of nitrogens with zero attached hydrogens (tertiary/aromatic N) is 1. The van der Waals surface area contributed by atoms with Gasteiger partial charge in [-0.1, -0.05) is 0 Å². The first kappa shape index (κ1) is 10.9. The van der Waals surface area contributed by atoms with E-state index in [2.05, 4.69) is 5.32 Å². The highest BCUT2D eigenvalue weighted by Crippen LogP contribution is 1.98. The van der Waals surface area contributed by atoms with E-state index in [1.165, 1.54) is 0 Å². The van der Waals surface area contributed by atoms with Crippen LogP contribution in [0.25, 0.3) is 0 Å². The van der Waals surface area contributed by atoms with E-state index in [-0.39, 0.29) is 12.8 Å². The average Bonchev–Trinajstić information content (AvgIpc) is 2.16. The number of carboxylic acids is 1. The fourth-order valence-electron chi connectivity index (χ4n) is 1.13. The molecule has 0 aliphatic carbocycles. The molecule has 0 amide bonds. The second-order valence-corrected chi connectivity index (χ2v) is 3.04. The molecule has 14 heavy (non-hydrogen) atoms. The van der Waals surface area contributed by atoms with E-state index in [1.807, 2.05) is 0 Å². The van der Waals surface area contributed by atoms with Crippen LogP contribution in [-0.4, -0.2) is 48.3 Å². The van der Waals surface area contributed by atoms with Gasteiger partial charge in [0.1, 0.15) is 0 Å². The average molecular weight is 202 g/mol. The van der Waals surface area contributed by atoms with E-state index in [0.29, 0.717) is 13.1 Å². The van der Waals surface area contributed by atoms with Crippen LogP contribution in [-0.2, 0) is 14.4 Å². The molecular weight excluding hydrogens is 188 g/mol. The predicted molar refractivity (Wildman–Crippen MR) is 47.4 cm³/mol. The maximum Gasteiger partial charge on any atom is 0.325 e. The molecule has 0 bridgehead atoms. The third-order valence-electron chi connectivity index (χ3n) is 1.85. The third-order valence-corrected chi connectivity index (χ3v) is 1.85. The molecule has 0 radical (unpaired) electrons. The molecule has 6 heteroatoms. The van der Waals surface area contributed by atoms with Crippen LogP contribution in [0, 0.1) is 0 Å². The Labute approximate surface area is 81.8 Å². The van der Waals surface area contributed by atoms with Crippen molar-refractivity contribution < 1.29 is 19.5 Å². The van der Waals surface area contributed by atoms with Crippen molar-refractivity contribution in [3.05, 3.63) is 0 Å². The van der Waals surface area contributed by atoms with Crippen LogP contribution in [0.5, 0.6) is 0 Å². The maximum atomic E-state index is 11.1. The maximum absolute atomic E-state index is 11.1. The van der Waals surface area contributed by atoms with Gasteiger partial charge in [-0.2, -0.15) is 0 Å². The normalized spacial score (nSPS) is 17.7. The summed E-state index contributed by atoms with van der Waals surface area (Å²) in [6.45, 7) is 2.87. The van der Waals surface area contributed by atoms with E-state index in [0.717, 1.165) is 13.1 Å². The Morgan fingerprint density at radius 1 is 1.29 bits per heavy atom. The monoisotopic (exact) mass is 202 g/mol. The summed E-state index contributed by atoms with van der Waals surface area (Å²) in [7, 11) is 0. The molecule has 1 fully saturated rings. The van der Waals surface area contributed by atoms with Gasteiger partial charge in [-0.15, -0.1) is 5.06 Å². The molecule has 0 unspecified atom stereocenters. The van der Waals surface area contributed by atoms with Gasteiger partial charge < -0.3 is 15.3 Å². The van der Waals surface area contributed by atoms with Crippen LogP contribution in [0.2, 0.25) is 0 Å². The minimum Gasteiger partial charge on any atom is -0.481 e. The van der Waals surface area contributed by atoms with Crippen molar-refractivity contribution in [2.24, 2.45) is 0 Å². The number of nitrogens with one attached hydrogen (secondary N) is 1. The number of hydroxylamine groups is 2.